The first-order valence-electron chi connectivity index (χ1n) is 12.9. The van der Waals surface area contributed by atoms with Gasteiger partial charge in [0.25, 0.3) is 0 Å². The number of aromatic nitrogens is 3. The van der Waals surface area contributed by atoms with Crippen LogP contribution < -0.4 is 0 Å². The maximum absolute atomic E-state index is 12.8. The number of fused-ring (bicyclic) bond motifs is 1. The highest BCUT2D eigenvalue weighted by Gasteiger charge is 2.42. The number of alkyl halides is 4. The Balaban J connectivity index is 0.000000354. The Morgan fingerprint density at radius 1 is 0.955 bits per heavy atom. The first-order valence-corrected chi connectivity index (χ1v) is 15.4. The Morgan fingerprint density at radius 2 is 1.45 bits per heavy atom. The second kappa shape index (κ2) is 18.0. The van der Waals surface area contributed by atoms with E-state index in [1.54, 1.807) is 6.33 Å². The van der Waals surface area contributed by atoms with Gasteiger partial charge in [0, 0.05) is 172 Å². The largest absolute Gasteiger partial charge is 0.417 e. The summed E-state index contributed by atoms with van der Waals surface area (Å²) in [6.07, 6.45) is -4.46. The molecule has 21 radical (unpaired) electrons. The fourth-order valence-electron chi connectivity index (χ4n) is 4.56. The lowest BCUT2D eigenvalue weighted by atomic mass is 8.40. The molecule has 0 saturated carbocycles. The molecule has 0 aliphatic carbocycles. The minimum absolute atomic E-state index is 0.0371. The van der Waals surface area contributed by atoms with Gasteiger partial charge in [0.2, 0.25) is 0 Å². The number of rotatable bonds is 10. The summed E-state index contributed by atoms with van der Waals surface area (Å²) in [5.41, 5.74) is 0.131. The number of aryl methyl sites for hydroxylation is 1. The van der Waals surface area contributed by atoms with E-state index < -0.39 is 72.7 Å². The third kappa shape index (κ3) is 12.1. The van der Waals surface area contributed by atoms with Crippen LogP contribution in [0.25, 0.3) is 10.9 Å². The van der Waals surface area contributed by atoms with Crippen molar-refractivity contribution in [3.05, 3.63) is 48.2 Å². The Labute approximate surface area is 281 Å². The molecule has 1 N–H and O–H groups in total. The van der Waals surface area contributed by atoms with Gasteiger partial charge in [-0.1, -0.05) is 0 Å². The molecule has 0 unspecified atom stereocenters. The third-order valence-corrected chi connectivity index (χ3v) is 7.97. The van der Waals surface area contributed by atoms with E-state index in [1.165, 1.54) is 25.4 Å². The first kappa shape index (κ1) is 41.3. The number of hydrogen-bond acceptors (Lipinski definition) is 3. The van der Waals surface area contributed by atoms with E-state index in [2.05, 4.69) is 9.97 Å². The van der Waals surface area contributed by atoms with Gasteiger partial charge < -0.3 is 9.55 Å². The molecule has 0 aliphatic rings. The SMILES string of the molecule is CS(=O)(=O)c1cc(C(F)(F)F)c2cc[nH]c2c1.Cn1cnc(CCl)c1.[B][B]B([B])B(B(B([B])[B])B([B])[B])B(B([B])[B])B([B])[B]. The highest BCUT2D eigenvalue weighted by atomic mass is 35.5. The summed E-state index contributed by atoms with van der Waals surface area (Å²) in [4.78, 5) is 6.20. The standard InChI is InChI=1S/C10H8F3NO2S.C5H7ClN2.B19/c1-17(15,16)6-4-8(10(11,12)13)7-2-3-14-9(7)5-6;1-8-3-5(2-6)7-4-8;1-11-16(10)19(17(12(2)3)13(4)5)18(14(6)7)15(8)9/h2-5,14H,1H3;3-4H,2H2,1H3;. The number of nitrogens with zero attached hydrogens (tertiary/aromatic N) is 2. The fraction of sp³-hybridized carbons (Fsp3) is 0.267. The minimum Gasteiger partial charge on any atom is -0.361 e. The van der Waals surface area contributed by atoms with Crippen molar-refractivity contribution in [3.8, 4) is 0 Å². The van der Waals surface area contributed by atoms with E-state index >= 15 is 0 Å². The summed E-state index contributed by atoms with van der Waals surface area (Å²) in [6.45, 7) is 0. The zero-order chi connectivity index (χ0) is 34.2. The lowest BCUT2D eigenvalue weighted by molar-refractivity contribution is -0.136. The number of imidazole rings is 1. The quantitative estimate of drug-likeness (QED) is 0.195. The topological polar surface area (TPSA) is 67.8 Å². The van der Waals surface area contributed by atoms with E-state index in [1.807, 2.05) is 17.8 Å². The van der Waals surface area contributed by atoms with E-state index in [-0.39, 0.29) is 15.8 Å². The summed E-state index contributed by atoms with van der Waals surface area (Å²) >= 11 is 5.46. The molecule has 0 spiro atoms. The lowest BCUT2D eigenvalue weighted by Crippen LogP contribution is -2.79. The molecule has 29 heteroatoms. The van der Waals surface area contributed by atoms with Crippen LogP contribution >= 0.6 is 11.6 Å². The van der Waals surface area contributed by atoms with Gasteiger partial charge in [-0.2, -0.15) is 13.2 Å². The Morgan fingerprint density at radius 3 is 1.77 bits per heavy atom. The molecule has 2 aromatic heterocycles. The fourth-order valence-corrected chi connectivity index (χ4v) is 5.36. The molecule has 193 valence electrons. The summed E-state index contributed by atoms with van der Waals surface area (Å²) in [7, 11) is 56.6. The lowest BCUT2D eigenvalue weighted by Gasteiger charge is -2.41. The molecule has 2 heterocycles. The Hall–Kier alpha value is -0.766. The average Bonchev–Trinajstić information content (AvgIpc) is 3.54. The summed E-state index contributed by atoms with van der Waals surface area (Å²) in [6, 6.07) is 3.12. The van der Waals surface area contributed by atoms with Gasteiger partial charge in [-0.05, 0) is 18.2 Å². The molecular formula is C15H15B19ClF3N3O2S. The van der Waals surface area contributed by atoms with Crippen molar-refractivity contribution in [2.75, 3.05) is 6.26 Å². The average molecular weight is 599 g/mol. The Bertz CT molecular complexity index is 1380. The smallest absolute Gasteiger partial charge is 0.361 e. The second-order valence-corrected chi connectivity index (χ2v) is 12.4. The van der Waals surface area contributed by atoms with Crippen molar-refractivity contribution in [3.63, 3.8) is 0 Å². The van der Waals surface area contributed by atoms with Gasteiger partial charge in [0.1, 0.15) is 0 Å². The van der Waals surface area contributed by atoms with E-state index in [0.29, 0.717) is 11.9 Å². The summed E-state index contributed by atoms with van der Waals surface area (Å²) in [5.74, 6) is 0.501. The highest BCUT2D eigenvalue weighted by molar-refractivity contribution is 8.18. The van der Waals surface area contributed by atoms with Crippen LogP contribution in [0, 0.1) is 0 Å². The van der Waals surface area contributed by atoms with Gasteiger partial charge in [-0.15, -0.1) is 11.6 Å². The van der Waals surface area contributed by atoms with Crippen molar-refractivity contribution in [1.29, 1.82) is 0 Å². The van der Waals surface area contributed by atoms with Crippen molar-refractivity contribution in [2.45, 2.75) is 17.0 Å². The van der Waals surface area contributed by atoms with Crippen LogP contribution in [0.2, 0.25) is 0 Å². The van der Waals surface area contributed by atoms with Gasteiger partial charge >= 0.3 is 6.18 Å². The summed E-state index contributed by atoms with van der Waals surface area (Å²) < 4.78 is 62.7. The van der Waals surface area contributed by atoms with Crippen LogP contribution in [-0.2, 0) is 28.9 Å². The predicted molar refractivity (Wildman–Crippen MR) is 199 cm³/mol. The molecule has 3 rings (SSSR count). The second-order valence-electron chi connectivity index (χ2n) is 10.2. The van der Waals surface area contributed by atoms with Crippen LogP contribution in [0.4, 0.5) is 13.2 Å². The molecule has 0 saturated heterocycles. The number of benzene rings is 1. The number of sulfone groups is 1. The number of aromatic amines is 1. The zero-order valence-corrected chi connectivity index (χ0v) is 25.8. The van der Waals surface area contributed by atoms with E-state index in [9.17, 15) is 21.6 Å². The van der Waals surface area contributed by atoms with Crippen molar-refractivity contribution >= 4 is 168 Å². The van der Waals surface area contributed by atoms with Gasteiger partial charge in [-0.3, -0.25) is 0 Å². The van der Waals surface area contributed by atoms with Crippen LogP contribution in [0.5, 0.6) is 0 Å². The van der Waals surface area contributed by atoms with Crippen LogP contribution in [0.1, 0.15) is 11.3 Å². The van der Waals surface area contributed by atoms with Gasteiger partial charge in [0.15, 0.2) is 9.84 Å². The number of hydrogen-bond donors (Lipinski definition) is 1. The normalized spacial score (nSPS) is 10.8. The van der Waals surface area contributed by atoms with Crippen LogP contribution in [0.15, 0.2) is 41.8 Å². The molecule has 5 nitrogen and oxygen atoms in total. The molecule has 0 amide bonds. The summed E-state index contributed by atoms with van der Waals surface area (Å²) in [5, 5.41) is -0.0371. The van der Waals surface area contributed by atoms with E-state index in [4.69, 9.17) is 89.0 Å². The molecule has 0 aliphatic heterocycles. The zero-order valence-electron chi connectivity index (χ0n) is 24.3. The van der Waals surface area contributed by atoms with Gasteiger partial charge in [-0.25, -0.2) is 13.4 Å². The molecular weight excluding hydrogens is 584 g/mol. The minimum atomic E-state index is -4.58. The predicted octanol–water partition coefficient (Wildman–Crippen LogP) is -3.49. The number of H-pyrrole nitrogens is 1. The molecule has 0 bridgehead atoms. The number of halogens is 4. The highest BCUT2D eigenvalue weighted by Crippen LogP contribution is 2.36. The van der Waals surface area contributed by atoms with E-state index in [0.717, 1.165) is 11.9 Å². The molecule has 3 aromatic rings. The van der Waals surface area contributed by atoms with Crippen molar-refractivity contribution in [2.24, 2.45) is 7.05 Å². The van der Waals surface area contributed by atoms with Crippen molar-refractivity contribution < 1.29 is 21.6 Å². The third-order valence-electron chi connectivity index (χ3n) is 6.60. The van der Waals surface area contributed by atoms with Crippen LogP contribution in [0.3, 0.4) is 0 Å². The van der Waals surface area contributed by atoms with Crippen LogP contribution in [-0.4, -0.2) is 165 Å². The molecule has 0 fully saturated rings. The monoisotopic (exact) mass is 602 g/mol. The maximum Gasteiger partial charge on any atom is 0.417 e. The molecule has 44 heavy (non-hydrogen) atoms. The first-order chi connectivity index (χ1) is 20.2. The maximum atomic E-state index is 12.8. The molecule has 0 atom stereocenters. The van der Waals surface area contributed by atoms with Crippen molar-refractivity contribution in [1.82, 2.24) is 14.5 Å². The number of nitrogens with one attached hydrogen (secondary N) is 1. The molecule has 1 aromatic carbocycles. The Kier molecular flexibility index (Phi) is 16.8. The van der Waals surface area contributed by atoms with Gasteiger partial charge in [0.05, 0.1) is 28.4 Å².